The molecule has 0 aliphatic carbocycles. The van der Waals surface area contributed by atoms with Crippen LogP contribution in [0.25, 0.3) is 0 Å². The zero-order chi connectivity index (χ0) is 39.1. The molecular weight excluding hydrogens is 665 g/mol. The summed E-state index contributed by atoms with van der Waals surface area (Å²) < 4.78 is 11.2. The lowest BCUT2D eigenvalue weighted by Gasteiger charge is -2.16. The molecule has 4 heteroatoms. The predicted octanol–water partition coefficient (Wildman–Crippen LogP) is 15.8. The van der Waals surface area contributed by atoms with Gasteiger partial charge >= 0.3 is 5.97 Å². The van der Waals surface area contributed by atoms with Gasteiger partial charge in [0.1, 0.15) is 6.10 Å². The van der Waals surface area contributed by atoms with Gasteiger partial charge in [-0.25, -0.2) is 0 Å². The summed E-state index contributed by atoms with van der Waals surface area (Å²) in [6.07, 6.45) is 61.9. The molecule has 54 heavy (non-hydrogen) atoms. The first-order chi connectivity index (χ1) is 26.7. The number of ether oxygens (including phenoxy) is 2. The molecule has 0 spiro atoms. The van der Waals surface area contributed by atoms with Gasteiger partial charge in [0.15, 0.2) is 0 Å². The number of hydrogen-bond acceptors (Lipinski definition) is 4. The number of esters is 1. The smallest absolute Gasteiger partial charge is 0.306 e. The lowest BCUT2D eigenvalue weighted by atomic mass is 10.0. The molecule has 0 radical (unpaired) electrons. The first-order valence-electron chi connectivity index (χ1n) is 23.7. The standard InChI is InChI=1S/C50H92O4/c1-3-5-7-9-11-13-15-17-19-21-22-23-24-25-26-27-28-29-31-33-35-37-39-41-43-45-50(52)54-49(47-51)48-53-46-44-42-40-38-36-34-32-30-20-18-16-14-12-10-8-6-4-2/h5,7,11,13,17,19,22-23,49,51H,3-4,6,8-10,12,14-16,18,20-21,24-48H2,1-2H3/b7-5-,13-11-,19-17-,23-22-. The Morgan fingerprint density at radius 2 is 0.833 bits per heavy atom. The monoisotopic (exact) mass is 757 g/mol. The number of rotatable bonds is 44. The highest BCUT2D eigenvalue weighted by Gasteiger charge is 2.13. The average molecular weight is 757 g/mol. The lowest BCUT2D eigenvalue weighted by Crippen LogP contribution is -2.27. The van der Waals surface area contributed by atoms with Crippen LogP contribution in [0.2, 0.25) is 0 Å². The van der Waals surface area contributed by atoms with Crippen molar-refractivity contribution in [2.24, 2.45) is 0 Å². The molecule has 0 amide bonds. The lowest BCUT2D eigenvalue weighted by molar-refractivity contribution is -0.154. The zero-order valence-electron chi connectivity index (χ0n) is 36.2. The molecule has 0 saturated carbocycles. The minimum Gasteiger partial charge on any atom is -0.457 e. The van der Waals surface area contributed by atoms with Crippen molar-refractivity contribution in [3.8, 4) is 0 Å². The fourth-order valence-corrected chi connectivity index (χ4v) is 6.91. The van der Waals surface area contributed by atoms with Crippen LogP contribution in [0.4, 0.5) is 0 Å². The van der Waals surface area contributed by atoms with Crippen molar-refractivity contribution in [2.75, 3.05) is 19.8 Å². The van der Waals surface area contributed by atoms with Crippen LogP contribution in [0.3, 0.4) is 0 Å². The molecule has 0 aromatic rings. The highest BCUT2D eigenvalue weighted by Crippen LogP contribution is 2.16. The SMILES string of the molecule is CC/C=C\C/C=C\C/C=C\C/C=C\CCCCCCCCCCCCCCC(=O)OC(CO)COCCCCCCCCCCCCCCCCCCC. The summed E-state index contributed by atoms with van der Waals surface area (Å²) in [4.78, 5) is 12.2. The van der Waals surface area contributed by atoms with Gasteiger partial charge in [0.2, 0.25) is 0 Å². The van der Waals surface area contributed by atoms with Crippen LogP contribution in [0.1, 0.15) is 239 Å². The maximum atomic E-state index is 12.2. The molecule has 316 valence electrons. The van der Waals surface area contributed by atoms with E-state index in [1.807, 2.05) is 0 Å². The molecule has 0 bridgehead atoms. The molecule has 0 aliphatic heterocycles. The quantitative estimate of drug-likeness (QED) is 0.0382. The predicted molar refractivity (Wildman–Crippen MR) is 237 cm³/mol. The van der Waals surface area contributed by atoms with Gasteiger partial charge in [0, 0.05) is 13.0 Å². The third kappa shape index (κ3) is 44.7. The highest BCUT2D eigenvalue weighted by atomic mass is 16.6. The summed E-state index contributed by atoms with van der Waals surface area (Å²) in [6, 6.07) is 0. The van der Waals surface area contributed by atoms with Crippen LogP contribution in [0.5, 0.6) is 0 Å². The fraction of sp³-hybridized carbons (Fsp3) is 0.820. The average Bonchev–Trinajstić information content (AvgIpc) is 3.18. The Kier molecular flexibility index (Phi) is 46.0. The maximum absolute atomic E-state index is 12.2. The molecule has 0 saturated heterocycles. The normalized spacial score (nSPS) is 12.7. The summed E-state index contributed by atoms with van der Waals surface area (Å²) >= 11 is 0. The number of allylic oxidation sites excluding steroid dienone is 8. The van der Waals surface area contributed by atoms with Crippen molar-refractivity contribution < 1.29 is 19.4 Å². The van der Waals surface area contributed by atoms with Gasteiger partial charge in [-0.2, -0.15) is 0 Å². The third-order valence-corrected chi connectivity index (χ3v) is 10.4. The molecule has 0 aliphatic rings. The van der Waals surface area contributed by atoms with Gasteiger partial charge in [0.05, 0.1) is 13.2 Å². The Balaban J connectivity index is 3.40. The van der Waals surface area contributed by atoms with Crippen molar-refractivity contribution in [3.63, 3.8) is 0 Å². The van der Waals surface area contributed by atoms with Crippen LogP contribution in [-0.2, 0) is 14.3 Å². The topological polar surface area (TPSA) is 55.8 Å². The molecule has 0 heterocycles. The largest absolute Gasteiger partial charge is 0.457 e. The van der Waals surface area contributed by atoms with Crippen LogP contribution in [0.15, 0.2) is 48.6 Å². The summed E-state index contributed by atoms with van der Waals surface area (Å²) in [5.74, 6) is -0.200. The minimum atomic E-state index is -0.534. The van der Waals surface area contributed by atoms with Crippen molar-refractivity contribution in [1.82, 2.24) is 0 Å². The second-order valence-electron chi connectivity index (χ2n) is 15.8. The van der Waals surface area contributed by atoms with Crippen LogP contribution >= 0.6 is 0 Å². The summed E-state index contributed by atoms with van der Waals surface area (Å²) in [5, 5.41) is 9.63. The first-order valence-corrected chi connectivity index (χ1v) is 23.7. The molecule has 0 aromatic heterocycles. The number of aliphatic hydroxyl groups is 1. The van der Waals surface area contributed by atoms with E-state index >= 15 is 0 Å². The summed E-state index contributed by atoms with van der Waals surface area (Å²) in [5.41, 5.74) is 0. The molecule has 0 rings (SSSR count). The number of aliphatic hydroxyl groups excluding tert-OH is 1. The Morgan fingerprint density at radius 3 is 1.26 bits per heavy atom. The summed E-state index contributed by atoms with van der Waals surface area (Å²) in [6.45, 7) is 5.27. The highest BCUT2D eigenvalue weighted by molar-refractivity contribution is 5.69. The van der Waals surface area contributed by atoms with Gasteiger partial charge < -0.3 is 14.6 Å². The van der Waals surface area contributed by atoms with Crippen molar-refractivity contribution >= 4 is 5.97 Å². The molecule has 1 N–H and O–H groups in total. The Bertz CT molecular complexity index is 844. The number of carbonyl (C=O) groups excluding carboxylic acids is 1. The molecular formula is C50H92O4. The molecule has 0 aromatic carbocycles. The van der Waals surface area contributed by atoms with Crippen LogP contribution in [-0.4, -0.2) is 37.0 Å². The molecule has 4 nitrogen and oxygen atoms in total. The Morgan fingerprint density at radius 1 is 0.463 bits per heavy atom. The van der Waals surface area contributed by atoms with E-state index in [-0.39, 0.29) is 12.6 Å². The van der Waals surface area contributed by atoms with Crippen molar-refractivity contribution in [2.45, 2.75) is 245 Å². The van der Waals surface area contributed by atoms with Gasteiger partial charge in [-0.15, -0.1) is 0 Å². The third-order valence-electron chi connectivity index (χ3n) is 10.4. The van der Waals surface area contributed by atoms with E-state index < -0.39 is 6.10 Å². The van der Waals surface area contributed by atoms with E-state index in [4.69, 9.17) is 9.47 Å². The zero-order valence-corrected chi connectivity index (χ0v) is 36.2. The van der Waals surface area contributed by atoms with E-state index in [2.05, 4.69) is 62.5 Å². The van der Waals surface area contributed by atoms with Crippen molar-refractivity contribution in [1.29, 1.82) is 0 Å². The van der Waals surface area contributed by atoms with Gasteiger partial charge in [-0.1, -0.05) is 229 Å². The van der Waals surface area contributed by atoms with Crippen LogP contribution in [0, 0.1) is 0 Å². The fourth-order valence-electron chi connectivity index (χ4n) is 6.91. The number of hydrogen-bond donors (Lipinski definition) is 1. The van der Waals surface area contributed by atoms with Gasteiger partial charge in [-0.3, -0.25) is 4.79 Å². The molecule has 0 fully saturated rings. The Labute approximate surface area is 337 Å². The first kappa shape index (κ1) is 52.3. The number of unbranched alkanes of at least 4 members (excludes halogenated alkanes) is 28. The van der Waals surface area contributed by atoms with E-state index in [1.54, 1.807) is 0 Å². The van der Waals surface area contributed by atoms with E-state index in [0.717, 1.165) is 44.9 Å². The van der Waals surface area contributed by atoms with Gasteiger partial charge in [0.25, 0.3) is 0 Å². The van der Waals surface area contributed by atoms with E-state index in [1.165, 1.54) is 173 Å². The second-order valence-corrected chi connectivity index (χ2v) is 15.8. The second kappa shape index (κ2) is 47.5. The maximum Gasteiger partial charge on any atom is 0.306 e. The van der Waals surface area contributed by atoms with Crippen LogP contribution < -0.4 is 0 Å². The Hall–Kier alpha value is -1.65. The molecule has 1 unspecified atom stereocenters. The minimum absolute atomic E-state index is 0.170. The van der Waals surface area contributed by atoms with E-state index in [0.29, 0.717) is 19.6 Å². The number of carbonyl (C=O) groups is 1. The molecule has 1 atom stereocenters. The van der Waals surface area contributed by atoms with Gasteiger partial charge in [-0.05, 0) is 51.4 Å². The summed E-state index contributed by atoms with van der Waals surface area (Å²) in [7, 11) is 0. The van der Waals surface area contributed by atoms with Crippen molar-refractivity contribution in [3.05, 3.63) is 48.6 Å². The van der Waals surface area contributed by atoms with E-state index in [9.17, 15) is 9.90 Å².